The van der Waals surface area contributed by atoms with Crippen LogP contribution in [0.15, 0.2) is 83.3 Å². The van der Waals surface area contributed by atoms with Gasteiger partial charge in [0.05, 0.1) is 5.56 Å². The largest absolute Gasteiger partial charge is 0.490 e. The topological polar surface area (TPSA) is 47.6 Å². The summed E-state index contributed by atoms with van der Waals surface area (Å²) in [6.45, 7) is 0.740. The van der Waals surface area contributed by atoms with Crippen molar-refractivity contribution in [3.05, 3.63) is 88.9 Å². The highest BCUT2D eigenvalue weighted by atomic mass is 79.9. The number of para-hydroxylation sites is 2. The van der Waals surface area contributed by atoms with E-state index in [2.05, 4.69) is 21.2 Å². The van der Waals surface area contributed by atoms with Gasteiger partial charge >= 0.3 is 0 Å². The molecule has 0 aliphatic heterocycles. The van der Waals surface area contributed by atoms with Gasteiger partial charge in [-0.25, -0.2) is 0 Å². The number of carbonyl (C=O) groups is 1. The number of hydrogen-bond donors (Lipinski definition) is 1. The molecule has 1 N–H and O–H groups in total. The van der Waals surface area contributed by atoms with Gasteiger partial charge in [0.1, 0.15) is 24.7 Å². The van der Waals surface area contributed by atoms with Gasteiger partial charge < -0.3 is 14.8 Å². The standard InChI is InChI=1S/C21H18BrNO3/c22-16-10-12-17(13-11-16)23-21(24)19-8-4-5-9-20(19)26-15-14-25-18-6-2-1-3-7-18/h1-13H,14-15H2,(H,23,24). The number of amides is 1. The molecule has 26 heavy (non-hydrogen) atoms. The van der Waals surface area contributed by atoms with E-state index in [0.29, 0.717) is 24.5 Å². The molecule has 0 fully saturated rings. The first-order valence-electron chi connectivity index (χ1n) is 8.19. The fourth-order valence-corrected chi connectivity index (χ4v) is 2.60. The summed E-state index contributed by atoms with van der Waals surface area (Å²) in [7, 11) is 0. The van der Waals surface area contributed by atoms with E-state index in [0.717, 1.165) is 15.9 Å². The molecule has 0 saturated heterocycles. The Morgan fingerprint density at radius 3 is 2.23 bits per heavy atom. The van der Waals surface area contributed by atoms with Crippen LogP contribution in [-0.2, 0) is 0 Å². The zero-order chi connectivity index (χ0) is 18.2. The molecule has 132 valence electrons. The molecule has 0 spiro atoms. The summed E-state index contributed by atoms with van der Waals surface area (Å²) in [5.74, 6) is 1.10. The fourth-order valence-electron chi connectivity index (χ4n) is 2.34. The maximum atomic E-state index is 12.5. The minimum absolute atomic E-state index is 0.216. The molecule has 0 aliphatic carbocycles. The molecule has 0 radical (unpaired) electrons. The third-order valence-corrected chi connectivity index (χ3v) is 4.12. The van der Waals surface area contributed by atoms with Crippen molar-refractivity contribution >= 4 is 27.5 Å². The summed E-state index contributed by atoms with van der Waals surface area (Å²) in [6.07, 6.45) is 0. The van der Waals surface area contributed by atoms with Gasteiger partial charge in [-0.3, -0.25) is 4.79 Å². The molecular formula is C21H18BrNO3. The molecule has 0 heterocycles. The third-order valence-electron chi connectivity index (χ3n) is 3.59. The van der Waals surface area contributed by atoms with Crippen LogP contribution in [-0.4, -0.2) is 19.1 Å². The summed E-state index contributed by atoms with van der Waals surface area (Å²) in [4.78, 5) is 12.5. The number of benzene rings is 3. The quantitative estimate of drug-likeness (QED) is 0.546. The lowest BCUT2D eigenvalue weighted by molar-refractivity contribution is 0.102. The van der Waals surface area contributed by atoms with Crippen LogP contribution in [0.3, 0.4) is 0 Å². The van der Waals surface area contributed by atoms with E-state index >= 15 is 0 Å². The van der Waals surface area contributed by atoms with E-state index in [1.165, 1.54) is 0 Å². The first kappa shape index (κ1) is 18.0. The summed E-state index contributed by atoms with van der Waals surface area (Å²) >= 11 is 3.38. The van der Waals surface area contributed by atoms with E-state index in [1.54, 1.807) is 12.1 Å². The second-order valence-electron chi connectivity index (χ2n) is 5.47. The summed E-state index contributed by atoms with van der Waals surface area (Å²) < 4.78 is 12.3. The molecule has 4 nitrogen and oxygen atoms in total. The molecule has 0 saturated carbocycles. The van der Waals surface area contributed by atoms with Gasteiger partial charge in [-0.05, 0) is 48.5 Å². The van der Waals surface area contributed by atoms with Gasteiger partial charge in [-0.1, -0.05) is 46.3 Å². The maximum Gasteiger partial charge on any atom is 0.259 e. The van der Waals surface area contributed by atoms with Gasteiger partial charge in [-0.2, -0.15) is 0 Å². The van der Waals surface area contributed by atoms with Crippen LogP contribution in [0.2, 0.25) is 0 Å². The van der Waals surface area contributed by atoms with Crippen LogP contribution in [0, 0.1) is 0 Å². The Morgan fingerprint density at radius 2 is 1.46 bits per heavy atom. The second kappa shape index (κ2) is 9.06. The maximum absolute atomic E-state index is 12.5. The summed E-state index contributed by atoms with van der Waals surface area (Å²) in [5.41, 5.74) is 1.20. The van der Waals surface area contributed by atoms with E-state index < -0.39 is 0 Å². The Hall–Kier alpha value is -2.79. The number of carbonyl (C=O) groups excluding carboxylic acids is 1. The minimum atomic E-state index is -0.216. The second-order valence-corrected chi connectivity index (χ2v) is 6.38. The Kier molecular flexibility index (Phi) is 6.28. The Bertz CT molecular complexity index is 851. The lowest BCUT2D eigenvalue weighted by Crippen LogP contribution is -2.15. The molecule has 0 aliphatic rings. The Morgan fingerprint density at radius 1 is 0.808 bits per heavy atom. The van der Waals surface area contributed by atoms with Crippen molar-refractivity contribution in [1.82, 2.24) is 0 Å². The van der Waals surface area contributed by atoms with Crippen molar-refractivity contribution in [3.8, 4) is 11.5 Å². The van der Waals surface area contributed by atoms with Crippen molar-refractivity contribution in [3.63, 3.8) is 0 Å². The smallest absolute Gasteiger partial charge is 0.259 e. The molecule has 5 heteroatoms. The fraction of sp³-hybridized carbons (Fsp3) is 0.0952. The lowest BCUT2D eigenvalue weighted by atomic mass is 10.2. The van der Waals surface area contributed by atoms with Crippen molar-refractivity contribution in [2.24, 2.45) is 0 Å². The van der Waals surface area contributed by atoms with E-state index in [1.807, 2.05) is 66.7 Å². The SMILES string of the molecule is O=C(Nc1ccc(Br)cc1)c1ccccc1OCCOc1ccccc1. The van der Waals surface area contributed by atoms with E-state index in [4.69, 9.17) is 9.47 Å². The molecule has 0 unspecified atom stereocenters. The highest BCUT2D eigenvalue weighted by molar-refractivity contribution is 9.10. The lowest BCUT2D eigenvalue weighted by Gasteiger charge is -2.12. The molecule has 3 aromatic carbocycles. The van der Waals surface area contributed by atoms with E-state index in [9.17, 15) is 4.79 Å². The Labute approximate surface area is 160 Å². The predicted octanol–water partition coefficient (Wildman–Crippen LogP) is 5.16. The summed E-state index contributed by atoms with van der Waals surface area (Å²) in [6, 6.07) is 24.1. The molecule has 0 bridgehead atoms. The van der Waals surface area contributed by atoms with Gasteiger partial charge in [0.2, 0.25) is 0 Å². The van der Waals surface area contributed by atoms with Crippen LogP contribution < -0.4 is 14.8 Å². The van der Waals surface area contributed by atoms with Crippen molar-refractivity contribution in [2.75, 3.05) is 18.5 Å². The van der Waals surface area contributed by atoms with Crippen molar-refractivity contribution < 1.29 is 14.3 Å². The minimum Gasteiger partial charge on any atom is -0.490 e. The monoisotopic (exact) mass is 411 g/mol. The van der Waals surface area contributed by atoms with Crippen LogP contribution in [0.1, 0.15) is 10.4 Å². The van der Waals surface area contributed by atoms with Gasteiger partial charge in [-0.15, -0.1) is 0 Å². The summed E-state index contributed by atoms with van der Waals surface area (Å²) in [5, 5.41) is 2.87. The number of halogens is 1. The zero-order valence-electron chi connectivity index (χ0n) is 14.0. The zero-order valence-corrected chi connectivity index (χ0v) is 15.6. The average Bonchev–Trinajstić information content (AvgIpc) is 2.68. The van der Waals surface area contributed by atoms with Gasteiger partial charge in [0, 0.05) is 10.2 Å². The number of hydrogen-bond acceptors (Lipinski definition) is 3. The molecule has 1 amide bonds. The molecule has 0 aromatic heterocycles. The highest BCUT2D eigenvalue weighted by Gasteiger charge is 2.12. The van der Waals surface area contributed by atoms with Crippen LogP contribution in [0.25, 0.3) is 0 Å². The van der Waals surface area contributed by atoms with Crippen molar-refractivity contribution in [2.45, 2.75) is 0 Å². The molecule has 3 aromatic rings. The first-order chi connectivity index (χ1) is 12.7. The third kappa shape index (κ3) is 5.10. The number of rotatable bonds is 7. The number of anilines is 1. The van der Waals surface area contributed by atoms with E-state index in [-0.39, 0.29) is 5.91 Å². The highest BCUT2D eigenvalue weighted by Crippen LogP contribution is 2.21. The molecular weight excluding hydrogens is 394 g/mol. The molecule has 0 atom stereocenters. The van der Waals surface area contributed by atoms with Crippen LogP contribution >= 0.6 is 15.9 Å². The number of nitrogens with one attached hydrogen (secondary N) is 1. The normalized spacial score (nSPS) is 10.2. The van der Waals surface area contributed by atoms with Crippen LogP contribution in [0.4, 0.5) is 5.69 Å². The van der Waals surface area contributed by atoms with Crippen molar-refractivity contribution in [1.29, 1.82) is 0 Å². The number of ether oxygens (including phenoxy) is 2. The Balaban J connectivity index is 1.58. The predicted molar refractivity (Wildman–Crippen MR) is 106 cm³/mol. The van der Waals surface area contributed by atoms with Gasteiger partial charge in [0.25, 0.3) is 5.91 Å². The molecule has 3 rings (SSSR count). The van der Waals surface area contributed by atoms with Gasteiger partial charge in [0.15, 0.2) is 0 Å². The first-order valence-corrected chi connectivity index (χ1v) is 8.98. The van der Waals surface area contributed by atoms with Crippen LogP contribution in [0.5, 0.6) is 11.5 Å². The average molecular weight is 412 g/mol.